The molecule has 5 heteroatoms. The number of hydrogen-bond acceptors (Lipinski definition) is 3. The Labute approximate surface area is 108 Å². The van der Waals surface area contributed by atoms with Gasteiger partial charge in [-0.05, 0) is 25.7 Å². The van der Waals surface area contributed by atoms with Gasteiger partial charge in [0.2, 0.25) is 5.91 Å². The average molecular weight is 250 g/mol. The lowest BCUT2D eigenvalue weighted by molar-refractivity contribution is -0.134. The molecule has 1 aliphatic rings. The summed E-state index contributed by atoms with van der Waals surface area (Å²) in [7, 11) is 0. The molecule has 1 aliphatic heterocycles. The number of imidazole rings is 1. The van der Waals surface area contributed by atoms with Gasteiger partial charge in [-0.15, -0.1) is 0 Å². The summed E-state index contributed by atoms with van der Waals surface area (Å²) in [5.74, 6) is 1.09. The van der Waals surface area contributed by atoms with Crippen LogP contribution >= 0.6 is 0 Å². The Hall–Kier alpha value is -1.36. The topological polar surface area (TPSA) is 75.0 Å². The van der Waals surface area contributed by atoms with E-state index in [0.29, 0.717) is 0 Å². The summed E-state index contributed by atoms with van der Waals surface area (Å²) in [5.41, 5.74) is 6.99. The number of rotatable bonds is 3. The first kappa shape index (κ1) is 13.1. The van der Waals surface area contributed by atoms with Crippen molar-refractivity contribution >= 4 is 5.91 Å². The van der Waals surface area contributed by atoms with Crippen LogP contribution in [0.4, 0.5) is 0 Å². The van der Waals surface area contributed by atoms with Crippen LogP contribution in [-0.2, 0) is 4.79 Å². The number of hydrogen-bond donors (Lipinski definition) is 2. The van der Waals surface area contributed by atoms with Gasteiger partial charge in [0.05, 0.1) is 12.1 Å². The minimum Gasteiger partial charge on any atom is -0.344 e. The second-order valence-electron chi connectivity index (χ2n) is 5.41. The summed E-state index contributed by atoms with van der Waals surface area (Å²) < 4.78 is 0. The highest BCUT2D eigenvalue weighted by Crippen LogP contribution is 2.30. The quantitative estimate of drug-likeness (QED) is 0.850. The molecule has 0 bridgehead atoms. The maximum atomic E-state index is 12.3. The van der Waals surface area contributed by atoms with E-state index in [1.807, 2.05) is 25.7 Å². The van der Waals surface area contributed by atoms with Crippen molar-refractivity contribution in [3.05, 3.63) is 17.7 Å². The number of nitrogens with two attached hydrogens (primary N) is 1. The second kappa shape index (κ2) is 5.10. The SMILES string of the molecule is Cc1cnc([C@@H]2CCCN2C(=O)[C@@H](N)C(C)C)[nH]1. The van der Waals surface area contributed by atoms with Gasteiger partial charge < -0.3 is 15.6 Å². The molecule has 100 valence electrons. The number of likely N-dealkylation sites (tertiary alicyclic amines) is 1. The summed E-state index contributed by atoms with van der Waals surface area (Å²) in [6.07, 6.45) is 3.78. The fraction of sp³-hybridized carbons (Fsp3) is 0.692. The first-order chi connectivity index (χ1) is 8.50. The average Bonchev–Trinajstić information content (AvgIpc) is 2.94. The summed E-state index contributed by atoms with van der Waals surface area (Å²) in [5, 5.41) is 0. The third-order valence-corrected chi connectivity index (χ3v) is 3.58. The fourth-order valence-corrected chi connectivity index (χ4v) is 2.39. The molecular weight excluding hydrogens is 228 g/mol. The molecule has 1 aromatic heterocycles. The zero-order chi connectivity index (χ0) is 13.3. The predicted octanol–water partition coefficient (Wildman–Crippen LogP) is 1.36. The monoisotopic (exact) mass is 250 g/mol. The van der Waals surface area contributed by atoms with Crippen LogP contribution in [-0.4, -0.2) is 33.4 Å². The fourth-order valence-electron chi connectivity index (χ4n) is 2.39. The van der Waals surface area contributed by atoms with E-state index in [-0.39, 0.29) is 17.9 Å². The molecule has 18 heavy (non-hydrogen) atoms. The van der Waals surface area contributed by atoms with Gasteiger partial charge in [0.1, 0.15) is 5.82 Å². The summed E-state index contributed by atoms with van der Waals surface area (Å²) >= 11 is 0. The van der Waals surface area contributed by atoms with E-state index in [2.05, 4.69) is 9.97 Å². The Morgan fingerprint density at radius 2 is 2.33 bits per heavy atom. The minimum absolute atomic E-state index is 0.0431. The van der Waals surface area contributed by atoms with Gasteiger partial charge in [-0.25, -0.2) is 4.98 Å². The number of aromatic nitrogens is 2. The van der Waals surface area contributed by atoms with Crippen molar-refractivity contribution in [1.82, 2.24) is 14.9 Å². The molecule has 0 saturated carbocycles. The first-order valence-corrected chi connectivity index (χ1v) is 6.58. The van der Waals surface area contributed by atoms with Gasteiger partial charge in [0.15, 0.2) is 0 Å². The molecule has 1 amide bonds. The molecule has 2 atom stereocenters. The molecule has 0 aliphatic carbocycles. The van der Waals surface area contributed by atoms with Crippen molar-refractivity contribution in [2.45, 2.75) is 45.7 Å². The van der Waals surface area contributed by atoms with Crippen molar-refractivity contribution < 1.29 is 4.79 Å². The van der Waals surface area contributed by atoms with Gasteiger partial charge in [0, 0.05) is 18.4 Å². The molecule has 3 N–H and O–H groups in total. The second-order valence-corrected chi connectivity index (χ2v) is 5.41. The Morgan fingerprint density at radius 3 is 2.89 bits per heavy atom. The molecule has 0 radical (unpaired) electrons. The van der Waals surface area contributed by atoms with Crippen LogP contribution < -0.4 is 5.73 Å². The highest BCUT2D eigenvalue weighted by Gasteiger charge is 2.34. The number of carbonyl (C=O) groups excluding carboxylic acids is 1. The number of amides is 1. The van der Waals surface area contributed by atoms with E-state index in [1.54, 1.807) is 6.20 Å². The molecular formula is C13H22N4O. The summed E-state index contributed by atoms with van der Waals surface area (Å²) in [4.78, 5) is 21.8. The lowest BCUT2D eigenvalue weighted by Gasteiger charge is -2.27. The van der Waals surface area contributed by atoms with Gasteiger partial charge in [-0.2, -0.15) is 0 Å². The van der Waals surface area contributed by atoms with Crippen molar-refractivity contribution in [3.8, 4) is 0 Å². The lowest BCUT2D eigenvalue weighted by Crippen LogP contribution is -2.46. The number of H-pyrrole nitrogens is 1. The Kier molecular flexibility index (Phi) is 3.71. The van der Waals surface area contributed by atoms with Gasteiger partial charge >= 0.3 is 0 Å². The standard InChI is InChI=1S/C13H22N4O/c1-8(2)11(14)13(18)17-6-4-5-10(17)12-15-7-9(3)16-12/h7-8,10-11H,4-6,14H2,1-3H3,(H,15,16)/t10-,11-/m0/s1. The third kappa shape index (κ3) is 2.41. The number of nitrogens with zero attached hydrogens (tertiary/aromatic N) is 2. The van der Waals surface area contributed by atoms with E-state index in [1.165, 1.54) is 0 Å². The van der Waals surface area contributed by atoms with Crippen molar-refractivity contribution in [3.63, 3.8) is 0 Å². The van der Waals surface area contributed by atoms with Crippen LogP contribution in [0.5, 0.6) is 0 Å². The Morgan fingerprint density at radius 1 is 1.61 bits per heavy atom. The van der Waals surface area contributed by atoms with Gasteiger partial charge in [-0.1, -0.05) is 13.8 Å². The first-order valence-electron chi connectivity index (χ1n) is 6.58. The zero-order valence-corrected chi connectivity index (χ0v) is 11.3. The Bertz CT molecular complexity index is 426. The molecule has 1 aromatic rings. The predicted molar refractivity (Wildman–Crippen MR) is 69.8 cm³/mol. The number of aromatic amines is 1. The minimum atomic E-state index is -0.415. The van der Waals surface area contributed by atoms with Crippen molar-refractivity contribution in [1.29, 1.82) is 0 Å². The van der Waals surface area contributed by atoms with Crippen LogP contribution in [0.2, 0.25) is 0 Å². The van der Waals surface area contributed by atoms with Crippen LogP contribution in [0, 0.1) is 12.8 Å². The molecule has 1 fully saturated rings. The van der Waals surface area contributed by atoms with E-state index in [4.69, 9.17) is 5.73 Å². The number of aryl methyl sites for hydroxylation is 1. The highest BCUT2D eigenvalue weighted by molar-refractivity contribution is 5.82. The van der Waals surface area contributed by atoms with Gasteiger partial charge in [-0.3, -0.25) is 4.79 Å². The van der Waals surface area contributed by atoms with E-state index < -0.39 is 6.04 Å². The Balaban J connectivity index is 2.15. The van der Waals surface area contributed by atoms with Gasteiger partial charge in [0.25, 0.3) is 0 Å². The molecule has 5 nitrogen and oxygen atoms in total. The van der Waals surface area contributed by atoms with Crippen molar-refractivity contribution in [2.75, 3.05) is 6.54 Å². The van der Waals surface area contributed by atoms with E-state index >= 15 is 0 Å². The largest absolute Gasteiger partial charge is 0.344 e. The van der Waals surface area contributed by atoms with Crippen LogP contribution in [0.15, 0.2) is 6.20 Å². The molecule has 2 heterocycles. The molecule has 0 aromatic carbocycles. The number of carbonyl (C=O) groups is 1. The summed E-state index contributed by atoms with van der Waals surface area (Å²) in [6, 6.07) is -0.349. The van der Waals surface area contributed by atoms with Crippen LogP contribution in [0.3, 0.4) is 0 Å². The molecule has 2 rings (SSSR count). The van der Waals surface area contributed by atoms with Crippen molar-refractivity contribution in [2.24, 2.45) is 11.7 Å². The maximum Gasteiger partial charge on any atom is 0.240 e. The maximum absolute atomic E-state index is 12.3. The molecule has 1 saturated heterocycles. The van der Waals surface area contributed by atoms with E-state index in [0.717, 1.165) is 30.9 Å². The normalized spacial score (nSPS) is 21.6. The smallest absolute Gasteiger partial charge is 0.240 e. The van der Waals surface area contributed by atoms with Crippen LogP contribution in [0.25, 0.3) is 0 Å². The lowest BCUT2D eigenvalue weighted by atomic mass is 10.0. The molecule has 0 unspecified atom stereocenters. The van der Waals surface area contributed by atoms with Crippen LogP contribution in [0.1, 0.15) is 44.2 Å². The number of nitrogens with one attached hydrogen (secondary N) is 1. The highest BCUT2D eigenvalue weighted by atomic mass is 16.2. The third-order valence-electron chi connectivity index (χ3n) is 3.58. The zero-order valence-electron chi connectivity index (χ0n) is 11.3. The molecule has 0 spiro atoms. The van der Waals surface area contributed by atoms with E-state index in [9.17, 15) is 4.79 Å². The summed E-state index contributed by atoms with van der Waals surface area (Å²) in [6.45, 7) is 6.70.